The molecule has 2 rings (SSSR count). The van der Waals surface area contributed by atoms with E-state index in [1.54, 1.807) is 24.3 Å². The van der Waals surface area contributed by atoms with Crippen molar-refractivity contribution in [2.24, 2.45) is 0 Å². The molecule has 0 saturated heterocycles. The van der Waals surface area contributed by atoms with Crippen LogP contribution in [0, 0.1) is 6.92 Å². The van der Waals surface area contributed by atoms with E-state index >= 15 is 0 Å². The first kappa shape index (κ1) is 20.5. The highest BCUT2D eigenvalue weighted by Crippen LogP contribution is 2.19. The Hall–Kier alpha value is -2.82. The minimum absolute atomic E-state index is 0.0644. The largest absolute Gasteiger partial charge is 0.481 e. The highest BCUT2D eigenvalue weighted by Gasteiger charge is 2.21. The number of ether oxygens (including phenoxy) is 1. The number of para-hydroxylation sites is 1. The van der Waals surface area contributed by atoms with Gasteiger partial charge in [0.05, 0.1) is 11.3 Å². The first-order chi connectivity index (χ1) is 12.9. The molecule has 5 heteroatoms. The minimum atomic E-state index is -0.640. The van der Waals surface area contributed by atoms with Crippen molar-refractivity contribution in [2.75, 3.05) is 5.32 Å². The molecule has 0 aliphatic heterocycles. The lowest BCUT2D eigenvalue weighted by Crippen LogP contribution is -2.35. The molecule has 0 aliphatic rings. The maximum absolute atomic E-state index is 12.7. The molecule has 27 heavy (non-hydrogen) atoms. The Morgan fingerprint density at radius 3 is 2.30 bits per heavy atom. The molecule has 0 radical (unpaired) electrons. The number of hydrogen-bond acceptors (Lipinski definition) is 3. The Bertz CT molecular complexity index is 771. The molecular formula is C22H28N2O3. The van der Waals surface area contributed by atoms with Crippen LogP contribution >= 0.6 is 0 Å². The zero-order valence-corrected chi connectivity index (χ0v) is 16.4. The van der Waals surface area contributed by atoms with Gasteiger partial charge in [0.25, 0.3) is 11.8 Å². The van der Waals surface area contributed by atoms with Gasteiger partial charge in [-0.05, 0) is 51.0 Å². The second-order valence-corrected chi connectivity index (χ2v) is 6.65. The van der Waals surface area contributed by atoms with Crippen molar-refractivity contribution < 1.29 is 14.3 Å². The lowest BCUT2D eigenvalue weighted by Gasteiger charge is -2.19. The second-order valence-electron chi connectivity index (χ2n) is 6.65. The Morgan fingerprint density at radius 1 is 1.00 bits per heavy atom. The van der Waals surface area contributed by atoms with Crippen LogP contribution in [0.25, 0.3) is 0 Å². The number of aryl methyl sites for hydroxylation is 1. The summed E-state index contributed by atoms with van der Waals surface area (Å²) in [4.78, 5) is 25.2. The SMILES string of the molecule is CCC(C)NC(=O)c1ccccc1NC(=O)C(CC)Oc1ccc(C)cc1. The van der Waals surface area contributed by atoms with E-state index < -0.39 is 6.10 Å². The first-order valence-corrected chi connectivity index (χ1v) is 9.38. The van der Waals surface area contributed by atoms with Crippen LogP contribution in [0.2, 0.25) is 0 Å². The lowest BCUT2D eigenvalue weighted by molar-refractivity contribution is -0.122. The minimum Gasteiger partial charge on any atom is -0.481 e. The van der Waals surface area contributed by atoms with Gasteiger partial charge in [-0.1, -0.05) is 43.7 Å². The summed E-state index contributed by atoms with van der Waals surface area (Å²) in [6, 6.07) is 14.6. The van der Waals surface area contributed by atoms with Gasteiger partial charge in [-0.15, -0.1) is 0 Å². The lowest BCUT2D eigenvalue weighted by atomic mass is 10.1. The number of anilines is 1. The van der Waals surface area contributed by atoms with E-state index in [1.165, 1.54) is 0 Å². The Labute approximate surface area is 161 Å². The van der Waals surface area contributed by atoms with Gasteiger partial charge in [0, 0.05) is 6.04 Å². The molecule has 2 amide bonds. The molecule has 144 valence electrons. The van der Waals surface area contributed by atoms with Gasteiger partial charge < -0.3 is 15.4 Å². The van der Waals surface area contributed by atoms with Gasteiger partial charge in [-0.3, -0.25) is 9.59 Å². The summed E-state index contributed by atoms with van der Waals surface area (Å²) in [5.74, 6) is 0.167. The van der Waals surface area contributed by atoms with Gasteiger partial charge in [-0.25, -0.2) is 0 Å². The van der Waals surface area contributed by atoms with E-state index in [1.807, 2.05) is 52.0 Å². The van der Waals surface area contributed by atoms with Crippen LogP contribution in [0.1, 0.15) is 49.5 Å². The highest BCUT2D eigenvalue weighted by atomic mass is 16.5. The molecule has 2 aromatic rings. The van der Waals surface area contributed by atoms with Gasteiger partial charge in [-0.2, -0.15) is 0 Å². The van der Waals surface area contributed by atoms with Crippen LogP contribution in [-0.2, 0) is 4.79 Å². The van der Waals surface area contributed by atoms with Gasteiger partial charge in [0.2, 0.25) is 0 Å². The van der Waals surface area contributed by atoms with Crippen LogP contribution in [-0.4, -0.2) is 24.0 Å². The quantitative estimate of drug-likeness (QED) is 0.729. The van der Waals surface area contributed by atoms with Gasteiger partial charge in [0.1, 0.15) is 5.75 Å². The first-order valence-electron chi connectivity index (χ1n) is 9.38. The van der Waals surface area contributed by atoms with E-state index in [9.17, 15) is 9.59 Å². The Balaban J connectivity index is 2.11. The van der Waals surface area contributed by atoms with Crippen molar-refractivity contribution in [3.05, 3.63) is 59.7 Å². The van der Waals surface area contributed by atoms with Crippen LogP contribution in [0.4, 0.5) is 5.69 Å². The predicted molar refractivity (Wildman–Crippen MR) is 108 cm³/mol. The van der Waals surface area contributed by atoms with Gasteiger partial charge >= 0.3 is 0 Å². The number of rotatable bonds is 8. The fourth-order valence-corrected chi connectivity index (χ4v) is 2.51. The molecule has 0 aromatic heterocycles. The summed E-state index contributed by atoms with van der Waals surface area (Å²) in [5, 5.41) is 5.77. The van der Waals surface area contributed by atoms with Crippen LogP contribution < -0.4 is 15.4 Å². The Kier molecular flexibility index (Phi) is 7.41. The number of carbonyl (C=O) groups is 2. The highest BCUT2D eigenvalue weighted by molar-refractivity contribution is 6.04. The zero-order chi connectivity index (χ0) is 19.8. The van der Waals surface area contributed by atoms with Crippen molar-refractivity contribution >= 4 is 17.5 Å². The third kappa shape index (κ3) is 5.84. The van der Waals surface area contributed by atoms with Crippen molar-refractivity contribution in [2.45, 2.75) is 52.7 Å². The van der Waals surface area contributed by atoms with E-state index in [2.05, 4.69) is 10.6 Å². The molecule has 0 fully saturated rings. The third-order valence-corrected chi connectivity index (χ3v) is 4.38. The molecule has 2 N–H and O–H groups in total. The average Bonchev–Trinajstić information content (AvgIpc) is 2.67. The van der Waals surface area contributed by atoms with Crippen molar-refractivity contribution in [3.63, 3.8) is 0 Å². The van der Waals surface area contributed by atoms with Crippen molar-refractivity contribution in [1.82, 2.24) is 5.32 Å². The third-order valence-electron chi connectivity index (χ3n) is 4.38. The number of carbonyl (C=O) groups excluding carboxylic acids is 2. The molecular weight excluding hydrogens is 340 g/mol. The topological polar surface area (TPSA) is 67.4 Å². The molecule has 2 unspecified atom stereocenters. The summed E-state index contributed by atoms with van der Waals surface area (Å²) in [5.41, 5.74) is 2.05. The normalized spacial score (nSPS) is 12.7. The van der Waals surface area contributed by atoms with E-state index in [0.29, 0.717) is 23.4 Å². The zero-order valence-electron chi connectivity index (χ0n) is 16.4. The standard InChI is InChI=1S/C22H28N2O3/c1-5-16(4)23-21(25)18-9-7-8-10-19(18)24-22(26)20(6-2)27-17-13-11-15(3)12-14-17/h7-14,16,20H,5-6H2,1-4H3,(H,23,25)(H,24,26). The summed E-state index contributed by atoms with van der Waals surface area (Å²) < 4.78 is 5.82. The fraction of sp³-hybridized carbons (Fsp3) is 0.364. The van der Waals surface area contributed by atoms with Crippen molar-refractivity contribution in [3.8, 4) is 5.75 Å². The molecule has 0 heterocycles. The average molecular weight is 368 g/mol. The fourth-order valence-electron chi connectivity index (χ4n) is 2.51. The number of amides is 2. The molecule has 2 atom stereocenters. The predicted octanol–water partition coefficient (Wildman–Crippen LogP) is 4.32. The smallest absolute Gasteiger partial charge is 0.265 e. The maximum Gasteiger partial charge on any atom is 0.265 e. The maximum atomic E-state index is 12.7. The molecule has 5 nitrogen and oxygen atoms in total. The van der Waals surface area contributed by atoms with Gasteiger partial charge in [0.15, 0.2) is 6.10 Å². The Morgan fingerprint density at radius 2 is 1.67 bits per heavy atom. The van der Waals surface area contributed by atoms with Crippen LogP contribution in [0.5, 0.6) is 5.75 Å². The second kappa shape index (κ2) is 9.76. The molecule has 0 saturated carbocycles. The number of hydrogen-bond donors (Lipinski definition) is 2. The van der Waals surface area contributed by atoms with Crippen LogP contribution in [0.3, 0.4) is 0 Å². The molecule has 0 spiro atoms. The summed E-state index contributed by atoms with van der Waals surface area (Å²) in [7, 11) is 0. The van der Waals surface area contributed by atoms with E-state index in [4.69, 9.17) is 4.74 Å². The van der Waals surface area contributed by atoms with E-state index in [-0.39, 0.29) is 17.9 Å². The summed E-state index contributed by atoms with van der Waals surface area (Å²) in [6.45, 7) is 7.84. The van der Waals surface area contributed by atoms with Crippen LogP contribution in [0.15, 0.2) is 48.5 Å². The molecule has 2 aromatic carbocycles. The number of nitrogens with one attached hydrogen (secondary N) is 2. The summed E-state index contributed by atoms with van der Waals surface area (Å²) >= 11 is 0. The number of benzene rings is 2. The monoisotopic (exact) mass is 368 g/mol. The molecule has 0 aliphatic carbocycles. The van der Waals surface area contributed by atoms with Crippen molar-refractivity contribution in [1.29, 1.82) is 0 Å². The summed E-state index contributed by atoms with van der Waals surface area (Å²) in [6.07, 6.45) is 0.710. The van der Waals surface area contributed by atoms with E-state index in [0.717, 1.165) is 12.0 Å². The molecule has 0 bridgehead atoms.